The van der Waals surface area contributed by atoms with Crippen molar-refractivity contribution in [1.29, 1.82) is 0 Å². The minimum atomic E-state index is -0.453. The molecule has 4 N–H and O–H groups in total. The molecule has 2 amide bonds. The number of aromatic nitrogens is 1. The largest absolute Gasteiger partial charge is 0.447 e. The lowest BCUT2D eigenvalue weighted by Crippen LogP contribution is -2.23. The Morgan fingerprint density at radius 2 is 2.09 bits per heavy atom. The molecule has 0 aliphatic rings. The van der Waals surface area contributed by atoms with Gasteiger partial charge in [-0.25, -0.2) is 4.98 Å². The van der Waals surface area contributed by atoms with Crippen LogP contribution in [0.2, 0.25) is 5.02 Å². The molecule has 9 heteroatoms. The SMILES string of the molecule is CCNC(=O)c1ccc(NC(=O)c2coc(CN)n2)cc1Cl.Cl. The van der Waals surface area contributed by atoms with Crippen LogP contribution in [0, 0.1) is 0 Å². The van der Waals surface area contributed by atoms with E-state index < -0.39 is 5.91 Å². The van der Waals surface area contributed by atoms with Crippen molar-refractivity contribution >= 4 is 41.5 Å². The van der Waals surface area contributed by atoms with E-state index >= 15 is 0 Å². The van der Waals surface area contributed by atoms with Crippen LogP contribution in [0.15, 0.2) is 28.9 Å². The minimum Gasteiger partial charge on any atom is -0.447 e. The Bertz CT molecular complexity index is 703. The molecule has 23 heavy (non-hydrogen) atoms. The fourth-order valence-electron chi connectivity index (χ4n) is 1.74. The lowest BCUT2D eigenvalue weighted by Gasteiger charge is -2.07. The standard InChI is InChI=1S/C14H15ClN4O3.ClH/c1-2-17-13(20)9-4-3-8(5-10(9)15)18-14(21)11-7-22-12(6-16)19-11;/h3-5,7H,2,6,16H2,1H3,(H,17,20)(H,18,21);1H. The van der Waals surface area contributed by atoms with Crippen molar-refractivity contribution in [3.8, 4) is 0 Å². The van der Waals surface area contributed by atoms with Crippen molar-refractivity contribution in [3.05, 3.63) is 46.6 Å². The van der Waals surface area contributed by atoms with Crippen molar-refractivity contribution < 1.29 is 14.0 Å². The molecule has 7 nitrogen and oxygen atoms in total. The summed E-state index contributed by atoms with van der Waals surface area (Å²) in [6.45, 7) is 2.43. The molecule has 2 rings (SSSR count). The molecule has 0 aliphatic carbocycles. The van der Waals surface area contributed by atoms with Gasteiger partial charge in [-0.3, -0.25) is 9.59 Å². The van der Waals surface area contributed by atoms with Gasteiger partial charge in [-0.1, -0.05) is 11.6 Å². The number of hydrogen-bond acceptors (Lipinski definition) is 5. The Morgan fingerprint density at radius 1 is 1.35 bits per heavy atom. The third-order valence-corrected chi connectivity index (χ3v) is 3.08. The number of nitrogens with zero attached hydrogens (tertiary/aromatic N) is 1. The van der Waals surface area contributed by atoms with Gasteiger partial charge in [0, 0.05) is 12.2 Å². The second-order valence-electron chi connectivity index (χ2n) is 4.34. The Hall–Kier alpha value is -2.09. The summed E-state index contributed by atoms with van der Waals surface area (Å²) in [5.74, 6) is -0.450. The molecular weight excluding hydrogens is 343 g/mol. The molecule has 0 radical (unpaired) electrons. The summed E-state index contributed by atoms with van der Waals surface area (Å²) >= 11 is 6.05. The molecular formula is C14H16Cl2N4O3. The van der Waals surface area contributed by atoms with Crippen LogP contribution < -0.4 is 16.4 Å². The predicted molar refractivity (Wildman–Crippen MR) is 89.1 cm³/mol. The number of nitrogens with one attached hydrogen (secondary N) is 2. The summed E-state index contributed by atoms with van der Waals surface area (Å²) in [4.78, 5) is 27.6. The predicted octanol–water partition coefficient (Wildman–Crippen LogP) is 2.21. The molecule has 1 heterocycles. The average molecular weight is 359 g/mol. The van der Waals surface area contributed by atoms with Crippen LogP contribution in [-0.2, 0) is 6.54 Å². The fraction of sp³-hybridized carbons (Fsp3) is 0.214. The molecule has 0 unspecified atom stereocenters. The van der Waals surface area contributed by atoms with E-state index in [1.807, 2.05) is 6.92 Å². The molecule has 0 saturated heterocycles. The van der Waals surface area contributed by atoms with Gasteiger partial charge in [-0.2, -0.15) is 0 Å². The monoisotopic (exact) mass is 358 g/mol. The van der Waals surface area contributed by atoms with E-state index in [2.05, 4.69) is 15.6 Å². The van der Waals surface area contributed by atoms with E-state index in [1.165, 1.54) is 18.4 Å². The maximum absolute atomic E-state index is 12.0. The number of anilines is 1. The number of nitrogens with two attached hydrogens (primary N) is 1. The number of halogens is 2. The summed E-state index contributed by atoms with van der Waals surface area (Å²) in [7, 11) is 0. The van der Waals surface area contributed by atoms with Crippen LogP contribution in [0.4, 0.5) is 5.69 Å². The Kier molecular flexibility index (Phi) is 7.02. The first kappa shape index (κ1) is 19.0. The highest BCUT2D eigenvalue weighted by atomic mass is 35.5. The average Bonchev–Trinajstić information content (AvgIpc) is 2.96. The second kappa shape index (κ2) is 8.52. The van der Waals surface area contributed by atoms with Crippen LogP contribution in [-0.4, -0.2) is 23.3 Å². The van der Waals surface area contributed by atoms with Crippen molar-refractivity contribution in [3.63, 3.8) is 0 Å². The van der Waals surface area contributed by atoms with E-state index in [0.717, 1.165) is 0 Å². The molecule has 124 valence electrons. The van der Waals surface area contributed by atoms with Crippen LogP contribution >= 0.6 is 24.0 Å². The summed E-state index contributed by atoms with van der Waals surface area (Å²) < 4.78 is 5.00. The first-order valence-electron chi connectivity index (χ1n) is 6.58. The lowest BCUT2D eigenvalue weighted by atomic mass is 10.2. The quantitative estimate of drug-likeness (QED) is 0.758. The number of carbonyl (C=O) groups is 2. The zero-order valence-corrected chi connectivity index (χ0v) is 13.8. The van der Waals surface area contributed by atoms with E-state index in [0.29, 0.717) is 17.8 Å². The first-order chi connectivity index (χ1) is 10.5. The summed E-state index contributed by atoms with van der Waals surface area (Å²) in [6, 6.07) is 4.61. The molecule has 1 aromatic carbocycles. The van der Waals surface area contributed by atoms with Crippen LogP contribution in [0.3, 0.4) is 0 Å². The number of rotatable bonds is 5. The number of amides is 2. The van der Waals surface area contributed by atoms with Gasteiger partial charge in [0.15, 0.2) is 5.69 Å². The van der Waals surface area contributed by atoms with Gasteiger partial charge < -0.3 is 20.8 Å². The second-order valence-corrected chi connectivity index (χ2v) is 4.75. The Morgan fingerprint density at radius 3 is 2.65 bits per heavy atom. The normalized spacial score (nSPS) is 9.87. The third-order valence-electron chi connectivity index (χ3n) is 2.77. The highest BCUT2D eigenvalue weighted by Gasteiger charge is 2.14. The number of oxazole rings is 1. The maximum Gasteiger partial charge on any atom is 0.277 e. The summed E-state index contributed by atoms with van der Waals surface area (Å²) in [6.07, 6.45) is 1.22. The first-order valence-corrected chi connectivity index (χ1v) is 6.96. The number of carbonyl (C=O) groups excluding carboxylic acids is 2. The van der Waals surface area contributed by atoms with Crippen LogP contribution in [0.25, 0.3) is 0 Å². The molecule has 0 fully saturated rings. The number of hydrogen-bond donors (Lipinski definition) is 3. The maximum atomic E-state index is 12.0. The van der Waals surface area contributed by atoms with E-state index in [4.69, 9.17) is 21.8 Å². The van der Waals surface area contributed by atoms with Gasteiger partial charge in [0.2, 0.25) is 5.89 Å². The Balaban J connectivity index is 0.00000264. The summed E-state index contributed by atoms with van der Waals surface area (Å²) in [5, 5.41) is 5.51. The van der Waals surface area contributed by atoms with Crippen molar-refractivity contribution in [1.82, 2.24) is 10.3 Å². The fourth-order valence-corrected chi connectivity index (χ4v) is 2.00. The Labute approximate surface area is 144 Å². The van der Waals surface area contributed by atoms with Crippen molar-refractivity contribution in [2.24, 2.45) is 5.73 Å². The molecule has 0 atom stereocenters. The van der Waals surface area contributed by atoms with Gasteiger partial charge in [0.1, 0.15) is 6.26 Å². The van der Waals surface area contributed by atoms with Gasteiger partial charge in [0.25, 0.3) is 11.8 Å². The van der Waals surface area contributed by atoms with Gasteiger partial charge >= 0.3 is 0 Å². The van der Waals surface area contributed by atoms with Crippen LogP contribution in [0.5, 0.6) is 0 Å². The molecule has 2 aromatic rings. The van der Waals surface area contributed by atoms with E-state index in [1.54, 1.807) is 6.07 Å². The van der Waals surface area contributed by atoms with Crippen LogP contribution in [0.1, 0.15) is 33.7 Å². The zero-order chi connectivity index (χ0) is 16.1. The molecule has 0 aliphatic heterocycles. The highest BCUT2D eigenvalue weighted by molar-refractivity contribution is 6.34. The zero-order valence-electron chi connectivity index (χ0n) is 12.3. The van der Waals surface area contributed by atoms with Crippen molar-refractivity contribution in [2.75, 3.05) is 11.9 Å². The van der Waals surface area contributed by atoms with Gasteiger partial charge in [-0.05, 0) is 25.1 Å². The van der Waals surface area contributed by atoms with Crippen molar-refractivity contribution in [2.45, 2.75) is 13.5 Å². The lowest BCUT2D eigenvalue weighted by molar-refractivity contribution is 0.0955. The molecule has 0 bridgehead atoms. The molecule has 0 saturated carbocycles. The molecule has 1 aromatic heterocycles. The van der Waals surface area contributed by atoms with Gasteiger partial charge in [-0.15, -0.1) is 12.4 Å². The van der Waals surface area contributed by atoms with Gasteiger partial charge in [0.05, 0.1) is 17.1 Å². The van der Waals surface area contributed by atoms with E-state index in [9.17, 15) is 9.59 Å². The third kappa shape index (κ3) is 4.69. The number of benzene rings is 1. The smallest absolute Gasteiger partial charge is 0.277 e. The topological polar surface area (TPSA) is 110 Å². The highest BCUT2D eigenvalue weighted by Crippen LogP contribution is 2.21. The summed E-state index contributed by atoms with van der Waals surface area (Å²) in [5.41, 5.74) is 6.26. The van der Waals surface area contributed by atoms with E-state index in [-0.39, 0.29) is 41.5 Å². The molecule has 0 spiro atoms. The minimum absolute atomic E-state index is 0.